The molecule has 1 heterocycles. The van der Waals surface area contributed by atoms with E-state index in [-0.39, 0.29) is 0 Å². The lowest BCUT2D eigenvalue weighted by Gasteiger charge is -2.30. The first-order chi connectivity index (χ1) is 27.8. The van der Waals surface area contributed by atoms with E-state index in [4.69, 9.17) is 4.42 Å². The molecule has 1 spiro atoms. The molecule has 1 unspecified atom stereocenters. The van der Waals surface area contributed by atoms with Gasteiger partial charge in [0, 0.05) is 16.5 Å². The van der Waals surface area contributed by atoms with E-state index in [0.717, 1.165) is 11.3 Å². The van der Waals surface area contributed by atoms with Crippen LogP contribution < -0.4 is 0 Å². The maximum Gasteiger partial charge on any atom is 0.140 e. The van der Waals surface area contributed by atoms with Crippen LogP contribution in [0.25, 0.3) is 98.8 Å². The van der Waals surface area contributed by atoms with Crippen LogP contribution in [0.4, 0.5) is 0 Å². The summed E-state index contributed by atoms with van der Waals surface area (Å²) in [5.74, 6) is 0.982. The summed E-state index contributed by atoms with van der Waals surface area (Å²) in [6, 6.07) is 72.0. The van der Waals surface area contributed by atoms with Crippen LogP contribution in [-0.2, 0) is 5.41 Å². The summed E-state index contributed by atoms with van der Waals surface area (Å²) in [5, 5.41) is 11.3. The Balaban J connectivity index is 1.16. The number of hydrogen-bond acceptors (Lipinski definition) is 1. The molecule has 13 rings (SSSR count). The average molecular weight is 709 g/mol. The molecule has 0 bridgehead atoms. The molecule has 0 aliphatic heterocycles. The fourth-order valence-electron chi connectivity index (χ4n) is 10.6. The first-order valence-corrected chi connectivity index (χ1v) is 19.5. The van der Waals surface area contributed by atoms with E-state index in [9.17, 15) is 0 Å². The predicted molar refractivity (Wildman–Crippen MR) is 233 cm³/mol. The van der Waals surface area contributed by atoms with E-state index in [1.54, 1.807) is 0 Å². The first-order valence-electron chi connectivity index (χ1n) is 19.5. The molecule has 56 heavy (non-hydrogen) atoms. The third-order valence-electron chi connectivity index (χ3n) is 12.9. The highest BCUT2D eigenvalue weighted by Gasteiger charge is 2.54. The molecule has 10 aromatic carbocycles. The normalized spacial score (nSPS) is 15.2. The summed E-state index contributed by atoms with van der Waals surface area (Å²) >= 11 is 0. The smallest absolute Gasteiger partial charge is 0.140 e. The number of para-hydroxylation sites is 1. The second-order valence-corrected chi connectivity index (χ2v) is 15.5. The van der Waals surface area contributed by atoms with Crippen LogP contribution >= 0.6 is 0 Å². The Hall–Kier alpha value is -7.22. The summed E-state index contributed by atoms with van der Waals surface area (Å²) in [6.07, 6.45) is 0. The van der Waals surface area contributed by atoms with Gasteiger partial charge in [0.05, 0.1) is 5.41 Å². The van der Waals surface area contributed by atoms with Gasteiger partial charge in [-0.3, -0.25) is 0 Å². The molecule has 2 aliphatic rings. The molecule has 0 saturated carbocycles. The highest BCUT2D eigenvalue weighted by molar-refractivity contribution is 6.24. The molecule has 1 heteroatoms. The van der Waals surface area contributed by atoms with Crippen molar-refractivity contribution >= 4 is 54.1 Å². The molecule has 0 radical (unpaired) electrons. The minimum Gasteiger partial charge on any atom is -0.456 e. The summed E-state index contributed by atoms with van der Waals surface area (Å²) < 4.78 is 6.84. The zero-order chi connectivity index (χ0) is 36.5. The van der Waals surface area contributed by atoms with Gasteiger partial charge in [-0.2, -0.15) is 0 Å². The Labute approximate surface area is 323 Å². The summed E-state index contributed by atoms with van der Waals surface area (Å²) in [4.78, 5) is 0. The third kappa shape index (κ3) is 3.75. The minimum atomic E-state index is -0.548. The van der Waals surface area contributed by atoms with Gasteiger partial charge in [0.15, 0.2) is 0 Å². The van der Waals surface area contributed by atoms with Crippen molar-refractivity contribution in [1.29, 1.82) is 0 Å². The Kier molecular flexibility index (Phi) is 5.89. The van der Waals surface area contributed by atoms with Gasteiger partial charge in [-0.1, -0.05) is 170 Å². The van der Waals surface area contributed by atoms with E-state index >= 15 is 0 Å². The van der Waals surface area contributed by atoms with Gasteiger partial charge in [-0.25, -0.2) is 0 Å². The predicted octanol–water partition coefficient (Wildman–Crippen LogP) is 14.7. The van der Waals surface area contributed by atoms with Crippen LogP contribution in [0.2, 0.25) is 0 Å². The van der Waals surface area contributed by atoms with E-state index < -0.39 is 5.41 Å². The van der Waals surface area contributed by atoms with E-state index in [1.807, 2.05) is 0 Å². The van der Waals surface area contributed by atoms with Crippen LogP contribution in [-0.4, -0.2) is 0 Å². The van der Waals surface area contributed by atoms with E-state index in [2.05, 4.69) is 194 Å². The fourth-order valence-corrected chi connectivity index (χ4v) is 10.6. The number of fused-ring (bicyclic) bond motifs is 19. The van der Waals surface area contributed by atoms with E-state index in [1.165, 1.54) is 110 Å². The van der Waals surface area contributed by atoms with Gasteiger partial charge in [-0.15, -0.1) is 0 Å². The van der Waals surface area contributed by atoms with Crippen LogP contribution in [0, 0.1) is 0 Å². The molecule has 0 saturated heterocycles. The molecule has 0 N–H and O–H groups in total. The number of hydrogen-bond donors (Lipinski definition) is 0. The molecule has 1 aromatic heterocycles. The number of benzene rings is 10. The number of furan rings is 1. The van der Waals surface area contributed by atoms with Gasteiger partial charge in [0.25, 0.3) is 0 Å². The number of rotatable bonds is 2. The van der Waals surface area contributed by atoms with Gasteiger partial charge in [0.2, 0.25) is 0 Å². The summed E-state index contributed by atoms with van der Waals surface area (Å²) in [5.41, 5.74) is 14.3. The molecule has 1 nitrogen and oxygen atoms in total. The van der Waals surface area contributed by atoms with Crippen molar-refractivity contribution in [2.24, 2.45) is 0 Å². The third-order valence-corrected chi connectivity index (χ3v) is 12.9. The van der Waals surface area contributed by atoms with Crippen molar-refractivity contribution in [3.8, 4) is 44.7 Å². The van der Waals surface area contributed by atoms with Gasteiger partial charge >= 0.3 is 0 Å². The van der Waals surface area contributed by atoms with Crippen molar-refractivity contribution < 1.29 is 4.42 Å². The molecule has 1 atom stereocenters. The molecular formula is C55H32O. The van der Waals surface area contributed by atoms with Crippen LogP contribution in [0.3, 0.4) is 0 Å². The van der Waals surface area contributed by atoms with Crippen LogP contribution in [0.1, 0.15) is 22.3 Å². The lowest BCUT2D eigenvalue weighted by atomic mass is 9.69. The summed E-state index contributed by atoms with van der Waals surface area (Å²) in [6.45, 7) is 0. The molecule has 258 valence electrons. The molecule has 0 fully saturated rings. The van der Waals surface area contributed by atoms with Gasteiger partial charge in [-0.05, 0) is 117 Å². The highest BCUT2D eigenvalue weighted by atomic mass is 16.3. The Morgan fingerprint density at radius 1 is 0.321 bits per heavy atom. The van der Waals surface area contributed by atoms with Crippen molar-refractivity contribution in [2.75, 3.05) is 0 Å². The maximum absolute atomic E-state index is 6.84. The van der Waals surface area contributed by atoms with Crippen molar-refractivity contribution in [3.05, 3.63) is 216 Å². The topological polar surface area (TPSA) is 13.1 Å². The lowest BCUT2D eigenvalue weighted by Crippen LogP contribution is -2.25. The monoisotopic (exact) mass is 708 g/mol. The highest BCUT2D eigenvalue weighted by Crippen LogP contribution is 2.66. The van der Waals surface area contributed by atoms with Gasteiger partial charge < -0.3 is 4.42 Å². The SMILES string of the molecule is c1ccc(-c2cc3c4ccccc4c(-c4ccc5c(c4)C4(c6ccccc6-c6oc7ccccc7c64)c4ccc6ccccc6c4-5)cc3c3ccccc23)cc1. The standard InChI is InChI=1S/C55H32O/c1-2-14-33(15-3-1)44-31-46-40-21-9-7-19-38(40)45(32-47(46)39-20-8-6-18-37(39)44)35-26-28-41-50(30-35)55(49-29-27-34-16-4-5-17-36(34)52(41)49)48-24-12-10-22-42(48)54-53(55)43-23-11-13-25-51(43)56-54/h1-32H. The first kappa shape index (κ1) is 30.1. The largest absolute Gasteiger partial charge is 0.456 e. The molecule has 11 aromatic rings. The minimum absolute atomic E-state index is 0.548. The second kappa shape index (κ2) is 10.9. The van der Waals surface area contributed by atoms with Crippen LogP contribution in [0.5, 0.6) is 0 Å². The van der Waals surface area contributed by atoms with Crippen molar-refractivity contribution in [3.63, 3.8) is 0 Å². The quantitative estimate of drug-likeness (QED) is 0.163. The van der Waals surface area contributed by atoms with Crippen molar-refractivity contribution in [2.45, 2.75) is 5.41 Å². The summed E-state index contributed by atoms with van der Waals surface area (Å²) in [7, 11) is 0. The van der Waals surface area contributed by atoms with E-state index in [0.29, 0.717) is 0 Å². The molecule has 2 aliphatic carbocycles. The zero-order valence-corrected chi connectivity index (χ0v) is 30.4. The maximum atomic E-state index is 6.84. The van der Waals surface area contributed by atoms with Crippen molar-refractivity contribution in [1.82, 2.24) is 0 Å². The second-order valence-electron chi connectivity index (χ2n) is 15.5. The van der Waals surface area contributed by atoms with Gasteiger partial charge in [0.1, 0.15) is 11.3 Å². The average Bonchev–Trinajstić information content (AvgIpc) is 3.89. The van der Waals surface area contributed by atoms with Crippen LogP contribution in [0.15, 0.2) is 199 Å². The molecule has 0 amide bonds. The Bertz CT molecular complexity index is 3480. The zero-order valence-electron chi connectivity index (χ0n) is 30.4. The fraction of sp³-hybridized carbons (Fsp3) is 0.0182. The lowest BCUT2D eigenvalue weighted by molar-refractivity contribution is 0.628. The molecular weight excluding hydrogens is 677 g/mol. The Morgan fingerprint density at radius 3 is 1.70 bits per heavy atom. The Morgan fingerprint density at radius 2 is 0.929 bits per heavy atom.